The molecule has 0 spiro atoms. The van der Waals surface area contributed by atoms with E-state index in [9.17, 15) is 20.1 Å². The Bertz CT molecular complexity index is 934. The highest BCUT2D eigenvalue weighted by Gasteiger charge is 2.17. The molecule has 1 amide bonds. The Labute approximate surface area is 177 Å². The fraction of sp³-hybridized carbons (Fsp3) is 0.435. The molecule has 7 heteroatoms. The predicted molar refractivity (Wildman–Crippen MR) is 119 cm³/mol. The first-order chi connectivity index (χ1) is 14.4. The molecule has 0 unspecified atom stereocenters. The topological polar surface area (TPSA) is 96.3 Å². The second-order valence-corrected chi connectivity index (χ2v) is 7.89. The van der Waals surface area contributed by atoms with E-state index in [2.05, 4.69) is 22.2 Å². The summed E-state index contributed by atoms with van der Waals surface area (Å²) >= 11 is 0. The number of likely N-dealkylation sites (N-methyl/N-ethyl adjacent to an activating group) is 1. The Kier molecular flexibility index (Phi) is 7.18. The Morgan fingerprint density at radius 2 is 1.87 bits per heavy atom. The van der Waals surface area contributed by atoms with Gasteiger partial charge in [-0.3, -0.25) is 4.79 Å². The highest BCUT2D eigenvalue weighted by Crippen LogP contribution is 2.43. The molecule has 3 rings (SSSR count). The lowest BCUT2D eigenvalue weighted by Crippen LogP contribution is -2.45. The number of carbonyl (C=O) groups is 1. The average molecular weight is 414 g/mol. The van der Waals surface area contributed by atoms with Crippen LogP contribution in [0.3, 0.4) is 0 Å². The first kappa shape index (κ1) is 21.9. The highest BCUT2D eigenvalue weighted by atomic mass is 16.3. The standard InChI is InChI=1S/C23H31N3O4/c1-16-17(23(30)21-18(22(16)29)7-3-8-19(21)27)6-4-9-20(28)24-10-5-11-26-14-12-25(2)13-15-26/h3-4,6-8,27,29-30H,5,9-15H2,1-2H3,(H,24,28)/b6-4+. The Hall–Kier alpha value is -2.77. The van der Waals surface area contributed by atoms with E-state index in [1.807, 2.05) is 0 Å². The van der Waals surface area contributed by atoms with Gasteiger partial charge in [-0.2, -0.15) is 0 Å². The van der Waals surface area contributed by atoms with Crippen molar-refractivity contribution in [3.63, 3.8) is 0 Å². The zero-order valence-corrected chi connectivity index (χ0v) is 17.7. The number of fused-ring (bicyclic) bond motifs is 1. The number of nitrogens with one attached hydrogen (secondary N) is 1. The Morgan fingerprint density at radius 3 is 2.60 bits per heavy atom. The summed E-state index contributed by atoms with van der Waals surface area (Å²) in [6.07, 6.45) is 4.35. The molecule has 162 valence electrons. The summed E-state index contributed by atoms with van der Waals surface area (Å²) in [6, 6.07) is 4.71. The lowest BCUT2D eigenvalue weighted by atomic mass is 9.97. The molecule has 0 bridgehead atoms. The van der Waals surface area contributed by atoms with Crippen LogP contribution in [0.25, 0.3) is 16.8 Å². The number of benzene rings is 2. The molecule has 0 saturated carbocycles. The zero-order valence-electron chi connectivity index (χ0n) is 17.7. The van der Waals surface area contributed by atoms with E-state index < -0.39 is 0 Å². The molecule has 7 nitrogen and oxygen atoms in total. The van der Waals surface area contributed by atoms with Gasteiger partial charge in [0.25, 0.3) is 0 Å². The summed E-state index contributed by atoms with van der Waals surface area (Å²) in [5, 5.41) is 34.6. The van der Waals surface area contributed by atoms with Crippen LogP contribution in [0.1, 0.15) is 24.0 Å². The maximum absolute atomic E-state index is 12.1. The number of piperazine rings is 1. The van der Waals surface area contributed by atoms with Gasteiger partial charge in [0.1, 0.15) is 17.2 Å². The minimum Gasteiger partial charge on any atom is -0.507 e. The van der Waals surface area contributed by atoms with Crippen molar-refractivity contribution in [3.05, 3.63) is 35.4 Å². The molecule has 0 aliphatic carbocycles. The summed E-state index contributed by atoms with van der Waals surface area (Å²) in [4.78, 5) is 16.8. The Balaban J connectivity index is 1.53. The molecule has 2 aromatic carbocycles. The van der Waals surface area contributed by atoms with Gasteiger partial charge in [0.15, 0.2) is 0 Å². The van der Waals surface area contributed by atoms with Gasteiger partial charge < -0.3 is 30.4 Å². The molecule has 1 saturated heterocycles. The van der Waals surface area contributed by atoms with Crippen LogP contribution >= 0.6 is 0 Å². The molecule has 4 N–H and O–H groups in total. The Morgan fingerprint density at radius 1 is 1.13 bits per heavy atom. The minimum atomic E-state index is -0.109. The largest absolute Gasteiger partial charge is 0.507 e. The summed E-state index contributed by atoms with van der Waals surface area (Å²) in [6.45, 7) is 7.63. The number of rotatable bonds is 7. The van der Waals surface area contributed by atoms with Crippen LogP contribution in [-0.2, 0) is 4.79 Å². The number of aromatic hydroxyl groups is 3. The quantitative estimate of drug-likeness (QED) is 0.411. The minimum absolute atomic E-state index is 0.00621. The lowest BCUT2D eigenvalue weighted by molar-refractivity contribution is -0.120. The van der Waals surface area contributed by atoms with Gasteiger partial charge in [-0.05, 0) is 33.0 Å². The van der Waals surface area contributed by atoms with Crippen molar-refractivity contribution in [2.45, 2.75) is 19.8 Å². The summed E-state index contributed by atoms with van der Waals surface area (Å²) < 4.78 is 0. The molecular formula is C23H31N3O4. The summed E-state index contributed by atoms with van der Waals surface area (Å²) in [5.74, 6) is -0.295. The number of phenolic OH excluding ortho intramolecular Hbond substituents is 3. The first-order valence-corrected chi connectivity index (χ1v) is 10.4. The molecule has 2 aromatic rings. The van der Waals surface area contributed by atoms with E-state index in [-0.39, 0.29) is 35.0 Å². The van der Waals surface area contributed by atoms with E-state index in [0.29, 0.717) is 23.1 Å². The third-order valence-electron chi connectivity index (χ3n) is 5.71. The van der Waals surface area contributed by atoms with Gasteiger partial charge in [0.2, 0.25) is 5.91 Å². The van der Waals surface area contributed by atoms with Crippen LogP contribution in [0.5, 0.6) is 17.2 Å². The highest BCUT2D eigenvalue weighted by molar-refractivity contribution is 6.01. The van der Waals surface area contributed by atoms with Crippen molar-refractivity contribution < 1.29 is 20.1 Å². The van der Waals surface area contributed by atoms with E-state index in [1.165, 1.54) is 6.07 Å². The number of phenols is 3. The van der Waals surface area contributed by atoms with Crippen LogP contribution in [0.2, 0.25) is 0 Å². The maximum atomic E-state index is 12.1. The fourth-order valence-electron chi connectivity index (χ4n) is 3.79. The number of hydrogen-bond acceptors (Lipinski definition) is 6. The second-order valence-electron chi connectivity index (χ2n) is 7.89. The van der Waals surface area contributed by atoms with Crippen LogP contribution in [-0.4, -0.2) is 77.3 Å². The lowest BCUT2D eigenvalue weighted by Gasteiger charge is -2.32. The molecule has 1 fully saturated rings. The van der Waals surface area contributed by atoms with Gasteiger partial charge in [-0.15, -0.1) is 0 Å². The van der Waals surface area contributed by atoms with E-state index in [1.54, 1.807) is 31.2 Å². The molecule has 0 atom stereocenters. The van der Waals surface area contributed by atoms with Gasteiger partial charge >= 0.3 is 0 Å². The molecule has 30 heavy (non-hydrogen) atoms. The molecule has 1 aliphatic heterocycles. The van der Waals surface area contributed by atoms with Gasteiger partial charge in [0, 0.05) is 55.7 Å². The van der Waals surface area contributed by atoms with Crippen LogP contribution in [0, 0.1) is 6.92 Å². The van der Waals surface area contributed by atoms with Crippen molar-refractivity contribution in [1.82, 2.24) is 15.1 Å². The van der Waals surface area contributed by atoms with E-state index in [4.69, 9.17) is 0 Å². The SMILES string of the molecule is Cc1c(/C=C/CC(=O)NCCCN2CCN(C)CC2)c(O)c2c(O)cccc2c1O. The third kappa shape index (κ3) is 5.04. The number of nitrogens with zero attached hydrogens (tertiary/aromatic N) is 2. The predicted octanol–water partition coefficient (Wildman–Crippen LogP) is 2.42. The summed E-state index contributed by atoms with van der Waals surface area (Å²) in [5.41, 5.74) is 0.888. The average Bonchev–Trinajstić information content (AvgIpc) is 2.73. The van der Waals surface area contributed by atoms with Crippen molar-refractivity contribution in [2.24, 2.45) is 0 Å². The molecule has 0 radical (unpaired) electrons. The van der Waals surface area contributed by atoms with Gasteiger partial charge in [-0.1, -0.05) is 24.3 Å². The molecule has 1 heterocycles. The monoisotopic (exact) mass is 413 g/mol. The van der Waals surface area contributed by atoms with Crippen molar-refractivity contribution >= 4 is 22.8 Å². The smallest absolute Gasteiger partial charge is 0.223 e. The van der Waals surface area contributed by atoms with Crippen LogP contribution in [0.4, 0.5) is 0 Å². The van der Waals surface area contributed by atoms with Crippen molar-refractivity contribution in [1.29, 1.82) is 0 Å². The zero-order chi connectivity index (χ0) is 21.7. The normalized spacial score (nSPS) is 15.8. The fourth-order valence-corrected chi connectivity index (χ4v) is 3.79. The van der Waals surface area contributed by atoms with E-state index >= 15 is 0 Å². The maximum Gasteiger partial charge on any atom is 0.223 e. The number of carbonyl (C=O) groups excluding carboxylic acids is 1. The second kappa shape index (κ2) is 9.82. The van der Waals surface area contributed by atoms with Crippen LogP contribution < -0.4 is 5.32 Å². The third-order valence-corrected chi connectivity index (χ3v) is 5.71. The van der Waals surface area contributed by atoms with E-state index in [0.717, 1.165) is 39.1 Å². The number of amides is 1. The van der Waals surface area contributed by atoms with Crippen molar-refractivity contribution in [3.8, 4) is 17.2 Å². The molecular weight excluding hydrogens is 382 g/mol. The number of hydrogen-bond donors (Lipinski definition) is 4. The summed E-state index contributed by atoms with van der Waals surface area (Å²) in [7, 11) is 2.13. The molecule has 1 aliphatic rings. The van der Waals surface area contributed by atoms with Gasteiger partial charge in [0.05, 0.1) is 5.39 Å². The van der Waals surface area contributed by atoms with Crippen molar-refractivity contribution in [2.75, 3.05) is 46.3 Å². The van der Waals surface area contributed by atoms with Gasteiger partial charge in [-0.25, -0.2) is 0 Å². The first-order valence-electron chi connectivity index (χ1n) is 10.4. The molecule has 0 aromatic heterocycles. The van der Waals surface area contributed by atoms with Crippen LogP contribution in [0.15, 0.2) is 24.3 Å².